The van der Waals surface area contributed by atoms with E-state index in [1.165, 1.54) is 17.0 Å². The van der Waals surface area contributed by atoms with Gasteiger partial charge in [-0.1, -0.05) is 6.92 Å². The summed E-state index contributed by atoms with van der Waals surface area (Å²) >= 11 is 0. The Hall–Kier alpha value is -1.49. The minimum Gasteiger partial charge on any atom is -0.311 e. The third-order valence-corrected chi connectivity index (χ3v) is 3.24. The molecule has 1 aromatic carbocycles. The van der Waals surface area contributed by atoms with Gasteiger partial charge in [-0.2, -0.15) is 0 Å². The number of carbonyl (C=O) groups is 1. The minimum atomic E-state index is -0.661. The molecule has 1 aliphatic rings. The van der Waals surface area contributed by atoms with E-state index in [-0.39, 0.29) is 11.9 Å². The topological polar surface area (TPSA) is 32.3 Å². The van der Waals surface area contributed by atoms with Crippen molar-refractivity contribution in [1.29, 1.82) is 0 Å². The minimum absolute atomic E-state index is 0.107. The molecule has 1 unspecified atom stereocenters. The molecule has 0 aliphatic carbocycles. The van der Waals surface area contributed by atoms with Crippen LogP contribution in [0.5, 0.6) is 0 Å². The van der Waals surface area contributed by atoms with Crippen LogP contribution >= 0.6 is 0 Å². The van der Waals surface area contributed by atoms with E-state index in [0.717, 1.165) is 31.9 Å². The van der Waals surface area contributed by atoms with Gasteiger partial charge in [-0.15, -0.1) is 0 Å². The van der Waals surface area contributed by atoms with Crippen molar-refractivity contribution in [1.82, 2.24) is 5.32 Å². The number of anilines is 1. The van der Waals surface area contributed by atoms with Crippen molar-refractivity contribution in [3.63, 3.8) is 0 Å². The molecule has 104 valence electrons. The van der Waals surface area contributed by atoms with Gasteiger partial charge < -0.3 is 10.2 Å². The van der Waals surface area contributed by atoms with E-state index in [4.69, 9.17) is 0 Å². The number of nitrogens with zero attached hydrogens (tertiary/aromatic N) is 1. The first kappa shape index (κ1) is 13.9. The number of halogens is 2. The van der Waals surface area contributed by atoms with Crippen molar-refractivity contribution in [2.45, 2.75) is 32.2 Å². The summed E-state index contributed by atoms with van der Waals surface area (Å²) in [5, 5.41) is 3.17. The average Bonchev–Trinajstić information content (AvgIpc) is 2.36. The molecule has 1 aliphatic heterocycles. The zero-order valence-corrected chi connectivity index (χ0v) is 11.0. The summed E-state index contributed by atoms with van der Waals surface area (Å²) < 4.78 is 26.4. The van der Waals surface area contributed by atoms with E-state index < -0.39 is 11.6 Å². The first-order valence-electron chi connectivity index (χ1n) is 6.62. The fraction of sp³-hybridized carbons (Fsp3) is 0.500. The number of carbonyl (C=O) groups excluding carboxylic acids is 1. The zero-order valence-electron chi connectivity index (χ0n) is 11.0. The van der Waals surface area contributed by atoms with Gasteiger partial charge in [-0.25, -0.2) is 8.78 Å². The number of hydrogen-bond donors (Lipinski definition) is 1. The maximum Gasteiger partial charge on any atom is 0.244 e. The van der Waals surface area contributed by atoms with E-state index in [9.17, 15) is 13.6 Å². The van der Waals surface area contributed by atoms with Crippen molar-refractivity contribution < 1.29 is 13.6 Å². The average molecular weight is 268 g/mol. The lowest BCUT2D eigenvalue weighted by molar-refractivity contribution is -0.121. The number of amides is 1. The Morgan fingerprint density at radius 1 is 1.32 bits per heavy atom. The summed E-state index contributed by atoms with van der Waals surface area (Å²) in [6.07, 6.45) is 2.54. The van der Waals surface area contributed by atoms with Crippen molar-refractivity contribution in [2.24, 2.45) is 0 Å². The third kappa shape index (κ3) is 3.29. The number of rotatable bonds is 4. The van der Waals surface area contributed by atoms with Gasteiger partial charge in [0.25, 0.3) is 0 Å². The van der Waals surface area contributed by atoms with Gasteiger partial charge >= 0.3 is 0 Å². The SMILES string of the molecule is CCCNC1CCCN(c2cc(F)cc(F)c2)C1=O. The van der Waals surface area contributed by atoms with Crippen LogP contribution in [0.15, 0.2) is 18.2 Å². The fourth-order valence-electron chi connectivity index (χ4n) is 2.33. The smallest absolute Gasteiger partial charge is 0.244 e. The standard InChI is InChI=1S/C14H18F2N2O/c1-2-5-17-13-4-3-6-18(14(13)19)12-8-10(15)7-11(16)9-12/h7-9,13,17H,2-6H2,1H3. The van der Waals surface area contributed by atoms with Crippen LogP contribution in [0.4, 0.5) is 14.5 Å². The molecule has 1 fully saturated rings. The van der Waals surface area contributed by atoms with E-state index in [2.05, 4.69) is 5.32 Å². The number of hydrogen-bond acceptors (Lipinski definition) is 2. The highest BCUT2D eigenvalue weighted by Gasteiger charge is 2.29. The van der Waals surface area contributed by atoms with Crippen molar-refractivity contribution in [3.8, 4) is 0 Å². The Morgan fingerprint density at radius 2 is 2.00 bits per heavy atom. The van der Waals surface area contributed by atoms with Gasteiger partial charge in [0, 0.05) is 18.3 Å². The van der Waals surface area contributed by atoms with Crippen LogP contribution < -0.4 is 10.2 Å². The van der Waals surface area contributed by atoms with Gasteiger partial charge in [0.15, 0.2) is 0 Å². The van der Waals surface area contributed by atoms with Crippen LogP contribution in [0.1, 0.15) is 26.2 Å². The first-order chi connectivity index (χ1) is 9.11. The Balaban J connectivity index is 2.16. The Labute approximate surface area is 111 Å². The lowest BCUT2D eigenvalue weighted by atomic mass is 10.0. The molecule has 0 bridgehead atoms. The molecule has 5 heteroatoms. The van der Waals surface area contributed by atoms with Crippen molar-refractivity contribution >= 4 is 11.6 Å². The summed E-state index contributed by atoms with van der Waals surface area (Å²) in [6.45, 7) is 3.30. The molecule has 1 N–H and O–H groups in total. The van der Waals surface area contributed by atoms with Crippen molar-refractivity contribution in [2.75, 3.05) is 18.0 Å². The molecule has 1 atom stereocenters. The zero-order chi connectivity index (χ0) is 13.8. The van der Waals surface area contributed by atoms with E-state index in [1.807, 2.05) is 6.92 Å². The predicted octanol–water partition coefficient (Wildman–Crippen LogP) is 2.46. The van der Waals surface area contributed by atoms with E-state index >= 15 is 0 Å². The van der Waals surface area contributed by atoms with E-state index in [1.54, 1.807) is 0 Å². The van der Waals surface area contributed by atoms with Gasteiger partial charge in [0.2, 0.25) is 5.91 Å². The maximum atomic E-state index is 13.2. The van der Waals surface area contributed by atoms with E-state index in [0.29, 0.717) is 12.2 Å². The maximum absolute atomic E-state index is 13.2. The highest BCUT2D eigenvalue weighted by atomic mass is 19.1. The Kier molecular flexibility index (Phi) is 4.47. The number of nitrogens with one attached hydrogen (secondary N) is 1. The molecular weight excluding hydrogens is 250 g/mol. The molecule has 19 heavy (non-hydrogen) atoms. The lowest BCUT2D eigenvalue weighted by Crippen LogP contribution is -2.51. The van der Waals surface area contributed by atoms with Crippen LogP contribution in [-0.4, -0.2) is 25.0 Å². The van der Waals surface area contributed by atoms with Gasteiger partial charge in [-0.3, -0.25) is 4.79 Å². The van der Waals surface area contributed by atoms with Crippen LogP contribution in [-0.2, 0) is 4.79 Å². The second-order valence-electron chi connectivity index (χ2n) is 4.77. The number of piperidine rings is 1. The van der Waals surface area contributed by atoms with Crippen LogP contribution in [0.3, 0.4) is 0 Å². The second kappa shape index (κ2) is 6.10. The van der Waals surface area contributed by atoms with Crippen LogP contribution in [0.2, 0.25) is 0 Å². The molecule has 0 saturated carbocycles. The van der Waals surface area contributed by atoms with Gasteiger partial charge in [0.05, 0.1) is 6.04 Å². The summed E-state index contributed by atoms with van der Waals surface area (Å²) in [4.78, 5) is 13.7. The highest BCUT2D eigenvalue weighted by Crippen LogP contribution is 2.23. The summed E-state index contributed by atoms with van der Waals surface area (Å²) in [6, 6.07) is 2.96. The summed E-state index contributed by atoms with van der Waals surface area (Å²) in [5.41, 5.74) is 0.297. The fourth-order valence-corrected chi connectivity index (χ4v) is 2.33. The number of benzene rings is 1. The second-order valence-corrected chi connectivity index (χ2v) is 4.77. The van der Waals surface area contributed by atoms with Crippen LogP contribution in [0.25, 0.3) is 0 Å². The molecule has 1 amide bonds. The predicted molar refractivity (Wildman–Crippen MR) is 70.0 cm³/mol. The Morgan fingerprint density at radius 3 is 2.63 bits per heavy atom. The van der Waals surface area contributed by atoms with Gasteiger partial charge in [-0.05, 0) is 37.9 Å². The van der Waals surface area contributed by atoms with Crippen LogP contribution in [0, 0.1) is 11.6 Å². The monoisotopic (exact) mass is 268 g/mol. The van der Waals surface area contributed by atoms with Gasteiger partial charge in [0.1, 0.15) is 11.6 Å². The molecular formula is C14H18F2N2O. The molecule has 0 spiro atoms. The largest absolute Gasteiger partial charge is 0.311 e. The molecule has 1 aromatic rings. The molecule has 0 radical (unpaired) electrons. The molecule has 1 saturated heterocycles. The third-order valence-electron chi connectivity index (χ3n) is 3.24. The normalized spacial score (nSPS) is 19.8. The summed E-state index contributed by atoms with van der Waals surface area (Å²) in [5.74, 6) is -1.43. The quantitative estimate of drug-likeness (QED) is 0.909. The molecule has 1 heterocycles. The van der Waals surface area contributed by atoms with Crippen molar-refractivity contribution in [3.05, 3.63) is 29.8 Å². The molecule has 3 nitrogen and oxygen atoms in total. The lowest BCUT2D eigenvalue weighted by Gasteiger charge is -2.32. The summed E-state index contributed by atoms with van der Waals surface area (Å²) in [7, 11) is 0. The first-order valence-corrected chi connectivity index (χ1v) is 6.62. The molecule has 0 aromatic heterocycles. The Bertz CT molecular complexity index is 445. The molecule has 2 rings (SSSR count). The highest BCUT2D eigenvalue weighted by molar-refractivity contribution is 5.97.